The lowest BCUT2D eigenvalue weighted by Crippen LogP contribution is -2.50. The predicted octanol–water partition coefficient (Wildman–Crippen LogP) is 1.79. The number of aliphatic hydroxyl groups is 1. The van der Waals surface area contributed by atoms with Gasteiger partial charge in [0.2, 0.25) is 0 Å². The predicted molar refractivity (Wildman–Crippen MR) is 72.9 cm³/mol. The van der Waals surface area contributed by atoms with Gasteiger partial charge in [-0.05, 0) is 25.2 Å². The van der Waals surface area contributed by atoms with Gasteiger partial charge in [0, 0.05) is 12.6 Å². The summed E-state index contributed by atoms with van der Waals surface area (Å²) in [6.45, 7) is 0.521. The van der Waals surface area contributed by atoms with Gasteiger partial charge in [-0.15, -0.1) is 0 Å². The van der Waals surface area contributed by atoms with E-state index in [4.69, 9.17) is 10.8 Å². The minimum absolute atomic E-state index is 0.298. The summed E-state index contributed by atoms with van der Waals surface area (Å²) in [5, 5.41) is 19.4. The normalized spacial score (nSPS) is 28.3. The summed E-state index contributed by atoms with van der Waals surface area (Å²) in [5.41, 5.74) is 6.12. The van der Waals surface area contributed by atoms with E-state index >= 15 is 0 Å². The first-order valence-corrected chi connectivity index (χ1v) is 7.53. The van der Waals surface area contributed by atoms with Crippen molar-refractivity contribution < 1.29 is 15.0 Å². The Hall–Kier alpha value is -0.810. The second-order valence-electron chi connectivity index (χ2n) is 6.08. The van der Waals surface area contributed by atoms with Crippen molar-refractivity contribution in [2.75, 3.05) is 6.54 Å². The Morgan fingerprint density at radius 2 is 1.89 bits per heavy atom. The van der Waals surface area contributed by atoms with E-state index in [0.29, 0.717) is 12.5 Å². The van der Waals surface area contributed by atoms with Gasteiger partial charge in [0.1, 0.15) is 0 Å². The highest BCUT2D eigenvalue weighted by atomic mass is 16.4. The van der Waals surface area contributed by atoms with Crippen LogP contribution in [-0.2, 0) is 0 Å². The van der Waals surface area contributed by atoms with Gasteiger partial charge < -0.3 is 20.8 Å². The Kier molecular flexibility index (Phi) is 5.05. The van der Waals surface area contributed by atoms with E-state index in [1.807, 2.05) is 0 Å². The Balaban J connectivity index is 1.86. The summed E-state index contributed by atoms with van der Waals surface area (Å²) in [6.07, 6.45) is 6.95. The van der Waals surface area contributed by atoms with Crippen LogP contribution in [0.3, 0.4) is 0 Å². The van der Waals surface area contributed by atoms with Gasteiger partial charge in [-0.2, -0.15) is 0 Å². The second-order valence-corrected chi connectivity index (χ2v) is 6.08. The lowest BCUT2D eigenvalue weighted by Gasteiger charge is -2.32. The average Bonchev–Trinajstić information content (AvgIpc) is 2.88. The Morgan fingerprint density at radius 1 is 1.21 bits per heavy atom. The maximum absolute atomic E-state index is 11.1. The van der Waals surface area contributed by atoms with Crippen molar-refractivity contribution in [2.24, 2.45) is 11.7 Å². The number of aliphatic hydroxyl groups excluding tert-OH is 1. The topological polar surface area (TPSA) is 86.8 Å². The van der Waals surface area contributed by atoms with Gasteiger partial charge in [-0.25, -0.2) is 4.79 Å². The fourth-order valence-corrected chi connectivity index (χ4v) is 3.62. The van der Waals surface area contributed by atoms with Crippen LogP contribution in [-0.4, -0.2) is 45.9 Å². The van der Waals surface area contributed by atoms with Gasteiger partial charge >= 0.3 is 6.09 Å². The molecular weight excluding hydrogens is 244 g/mol. The number of hydrogen-bond donors (Lipinski definition) is 3. The SMILES string of the molecule is NC(CC1CCCCC1)C(O)C1CCCN1C(=O)O. The van der Waals surface area contributed by atoms with Crippen LogP contribution < -0.4 is 5.73 Å². The maximum Gasteiger partial charge on any atom is 0.407 e. The molecule has 2 fully saturated rings. The van der Waals surface area contributed by atoms with Crippen LogP contribution in [0.4, 0.5) is 4.79 Å². The molecule has 4 N–H and O–H groups in total. The van der Waals surface area contributed by atoms with Crippen LogP contribution in [0.25, 0.3) is 0 Å². The third-order valence-electron chi connectivity index (χ3n) is 4.71. The summed E-state index contributed by atoms with van der Waals surface area (Å²) in [7, 11) is 0. The summed E-state index contributed by atoms with van der Waals surface area (Å²) < 4.78 is 0. The highest BCUT2D eigenvalue weighted by Crippen LogP contribution is 2.29. The van der Waals surface area contributed by atoms with E-state index in [2.05, 4.69) is 0 Å². The summed E-state index contributed by atoms with van der Waals surface area (Å²) >= 11 is 0. The molecule has 1 amide bonds. The average molecular weight is 270 g/mol. The molecule has 5 heteroatoms. The first-order chi connectivity index (χ1) is 9.09. The first kappa shape index (κ1) is 14.6. The molecule has 3 unspecified atom stereocenters. The Bertz CT molecular complexity index is 305. The molecule has 1 heterocycles. The molecule has 1 aliphatic heterocycles. The monoisotopic (exact) mass is 270 g/mol. The number of amides is 1. The smallest absolute Gasteiger partial charge is 0.407 e. The molecule has 0 bridgehead atoms. The van der Waals surface area contributed by atoms with Crippen LogP contribution in [0.1, 0.15) is 51.4 Å². The molecule has 0 aromatic carbocycles. The third kappa shape index (κ3) is 3.60. The first-order valence-electron chi connectivity index (χ1n) is 7.53. The lowest BCUT2D eigenvalue weighted by atomic mass is 9.83. The summed E-state index contributed by atoms with van der Waals surface area (Å²) in [6, 6.07) is -0.607. The van der Waals surface area contributed by atoms with Crippen molar-refractivity contribution >= 4 is 6.09 Å². The highest BCUT2D eigenvalue weighted by Gasteiger charge is 2.37. The van der Waals surface area contributed by atoms with Crippen molar-refractivity contribution in [1.82, 2.24) is 4.90 Å². The van der Waals surface area contributed by atoms with Crippen molar-refractivity contribution in [3.05, 3.63) is 0 Å². The standard InChI is InChI=1S/C14H26N2O3/c15-11(9-10-5-2-1-3-6-10)13(17)12-7-4-8-16(12)14(18)19/h10-13,17H,1-9,15H2,(H,18,19). The zero-order chi connectivity index (χ0) is 13.8. The third-order valence-corrected chi connectivity index (χ3v) is 4.71. The molecule has 3 atom stereocenters. The molecule has 0 aromatic heterocycles. The van der Waals surface area contributed by atoms with E-state index < -0.39 is 12.2 Å². The number of hydrogen-bond acceptors (Lipinski definition) is 3. The van der Waals surface area contributed by atoms with Gasteiger partial charge in [-0.3, -0.25) is 0 Å². The molecule has 1 saturated heterocycles. The fraction of sp³-hybridized carbons (Fsp3) is 0.929. The zero-order valence-electron chi connectivity index (χ0n) is 11.5. The van der Waals surface area contributed by atoms with Crippen LogP contribution in [0.2, 0.25) is 0 Å². The molecule has 0 radical (unpaired) electrons. The van der Waals surface area contributed by atoms with E-state index in [1.165, 1.54) is 37.0 Å². The van der Waals surface area contributed by atoms with Gasteiger partial charge in [-0.1, -0.05) is 32.1 Å². The van der Waals surface area contributed by atoms with Crippen LogP contribution >= 0.6 is 0 Å². The second kappa shape index (κ2) is 6.57. The zero-order valence-corrected chi connectivity index (χ0v) is 11.5. The number of likely N-dealkylation sites (tertiary alicyclic amines) is 1. The quantitative estimate of drug-likeness (QED) is 0.727. The molecule has 2 rings (SSSR count). The summed E-state index contributed by atoms with van der Waals surface area (Å²) in [4.78, 5) is 12.5. The van der Waals surface area contributed by atoms with E-state index in [-0.39, 0.29) is 12.1 Å². The number of carbonyl (C=O) groups is 1. The van der Waals surface area contributed by atoms with Gasteiger partial charge in [0.05, 0.1) is 12.1 Å². The van der Waals surface area contributed by atoms with Gasteiger partial charge in [0.15, 0.2) is 0 Å². The minimum Gasteiger partial charge on any atom is -0.465 e. The maximum atomic E-state index is 11.1. The molecule has 19 heavy (non-hydrogen) atoms. The van der Waals surface area contributed by atoms with Crippen molar-refractivity contribution in [3.63, 3.8) is 0 Å². The number of carboxylic acid groups (broad SMARTS) is 1. The molecule has 110 valence electrons. The van der Waals surface area contributed by atoms with Crippen molar-refractivity contribution in [3.8, 4) is 0 Å². The molecule has 2 aliphatic rings. The lowest BCUT2D eigenvalue weighted by molar-refractivity contribution is 0.0451. The summed E-state index contributed by atoms with van der Waals surface area (Å²) in [5.74, 6) is 0.609. The number of nitrogens with two attached hydrogens (primary N) is 1. The van der Waals surface area contributed by atoms with Crippen LogP contribution in [0.15, 0.2) is 0 Å². The molecule has 5 nitrogen and oxygen atoms in total. The molecule has 0 spiro atoms. The molecule has 1 aliphatic carbocycles. The fourth-order valence-electron chi connectivity index (χ4n) is 3.62. The Labute approximate surface area is 114 Å². The van der Waals surface area contributed by atoms with E-state index in [9.17, 15) is 9.90 Å². The van der Waals surface area contributed by atoms with Crippen LogP contribution in [0.5, 0.6) is 0 Å². The largest absolute Gasteiger partial charge is 0.465 e. The van der Waals surface area contributed by atoms with Crippen molar-refractivity contribution in [1.29, 1.82) is 0 Å². The van der Waals surface area contributed by atoms with Crippen LogP contribution in [0, 0.1) is 5.92 Å². The van der Waals surface area contributed by atoms with Crippen molar-refractivity contribution in [2.45, 2.75) is 69.6 Å². The minimum atomic E-state index is -0.939. The van der Waals surface area contributed by atoms with Gasteiger partial charge in [0.25, 0.3) is 0 Å². The number of rotatable bonds is 4. The Morgan fingerprint density at radius 3 is 2.53 bits per heavy atom. The molecular formula is C14H26N2O3. The molecule has 1 saturated carbocycles. The number of nitrogens with zero attached hydrogens (tertiary/aromatic N) is 1. The molecule has 0 aromatic rings. The van der Waals surface area contributed by atoms with E-state index in [1.54, 1.807) is 0 Å². The highest BCUT2D eigenvalue weighted by molar-refractivity contribution is 5.65. The van der Waals surface area contributed by atoms with E-state index in [0.717, 1.165) is 19.3 Å².